The Hall–Kier alpha value is -5.46. The van der Waals surface area contributed by atoms with Crippen molar-refractivity contribution in [3.8, 4) is 16.9 Å². The number of fused-ring (bicyclic) bond motifs is 18. The van der Waals surface area contributed by atoms with Gasteiger partial charge in [0.05, 0.1) is 10.7 Å². The summed E-state index contributed by atoms with van der Waals surface area (Å²) in [6, 6.07) is 42.2. The number of aromatic nitrogens is 1. The van der Waals surface area contributed by atoms with E-state index in [0.717, 1.165) is 16.9 Å². The molecule has 6 aromatic carbocycles. The number of benzene rings is 6. The van der Waals surface area contributed by atoms with E-state index >= 15 is 0 Å². The number of furan rings is 1. The summed E-state index contributed by atoms with van der Waals surface area (Å²) in [6.45, 7) is 0.0197. The molecule has 0 saturated heterocycles. The van der Waals surface area contributed by atoms with Gasteiger partial charge in [-0.3, -0.25) is 0 Å². The second-order valence-corrected chi connectivity index (χ2v) is 14.1. The summed E-state index contributed by atoms with van der Waals surface area (Å²) in [7, 11) is 0. The van der Waals surface area contributed by atoms with Gasteiger partial charge in [0.1, 0.15) is 16.9 Å². The zero-order chi connectivity index (χ0) is 29.4. The van der Waals surface area contributed by atoms with E-state index in [0.29, 0.717) is 0 Å². The van der Waals surface area contributed by atoms with Crippen LogP contribution in [-0.4, -0.2) is 17.6 Å². The van der Waals surface area contributed by atoms with Gasteiger partial charge in [0.15, 0.2) is 6.23 Å². The van der Waals surface area contributed by atoms with E-state index in [1.54, 1.807) is 0 Å². The number of hydrogen-bond acceptors (Lipinski definition) is 4. The lowest BCUT2D eigenvalue weighted by atomic mass is 9.45. The second-order valence-electron chi connectivity index (χ2n) is 13.1. The normalized spacial score (nSPS) is 18.1. The van der Waals surface area contributed by atoms with Crippen LogP contribution in [0.1, 0.15) is 17.0 Å². The fourth-order valence-electron chi connectivity index (χ4n) is 9.52. The number of ether oxygens (including phenoxy) is 1. The van der Waals surface area contributed by atoms with Gasteiger partial charge < -0.3 is 18.5 Å². The van der Waals surface area contributed by atoms with E-state index in [1.807, 2.05) is 11.3 Å². The highest BCUT2D eigenvalue weighted by Crippen LogP contribution is 2.57. The van der Waals surface area contributed by atoms with Crippen LogP contribution < -0.4 is 20.6 Å². The van der Waals surface area contributed by atoms with Gasteiger partial charge in [0.2, 0.25) is 0 Å². The average molecular weight is 604 g/mol. The number of thiophene rings is 1. The Bertz CT molecular complexity index is 2900. The van der Waals surface area contributed by atoms with Crippen molar-refractivity contribution < 1.29 is 9.15 Å². The number of rotatable bonds is 0. The molecule has 46 heavy (non-hydrogen) atoms. The first kappa shape index (κ1) is 23.0. The van der Waals surface area contributed by atoms with Crippen LogP contribution in [0.25, 0.3) is 64.3 Å². The second kappa shape index (κ2) is 7.49. The van der Waals surface area contributed by atoms with Crippen LogP contribution in [0.4, 0.5) is 11.4 Å². The van der Waals surface area contributed by atoms with E-state index in [1.165, 1.54) is 86.5 Å². The van der Waals surface area contributed by atoms with Crippen LogP contribution >= 0.6 is 11.3 Å². The fourth-order valence-corrected chi connectivity index (χ4v) is 10.8. The van der Waals surface area contributed by atoms with Crippen molar-refractivity contribution in [2.45, 2.75) is 12.1 Å². The third-order valence-corrected chi connectivity index (χ3v) is 12.3. The Morgan fingerprint density at radius 2 is 1.50 bits per heavy atom. The third-order valence-electron chi connectivity index (χ3n) is 11.1. The van der Waals surface area contributed by atoms with Crippen molar-refractivity contribution in [2.75, 3.05) is 4.90 Å². The van der Waals surface area contributed by atoms with Crippen LogP contribution in [-0.2, 0) is 0 Å². The van der Waals surface area contributed by atoms with Crippen LogP contribution in [0.15, 0.2) is 120 Å². The summed E-state index contributed by atoms with van der Waals surface area (Å²) in [4.78, 5) is 3.85. The van der Waals surface area contributed by atoms with Crippen molar-refractivity contribution in [1.29, 1.82) is 0 Å². The SMILES string of the molecule is c1ccc2c(c1)OC1C2c2cccc3c2N1c1cc2oc4ccccc4c2c2c1B3n1c3sc4ccccc4c3c3cccc-2c31. The van der Waals surface area contributed by atoms with Crippen molar-refractivity contribution in [3.63, 3.8) is 0 Å². The van der Waals surface area contributed by atoms with Gasteiger partial charge in [-0.15, -0.1) is 11.3 Å². The van der Waals surface area contributed by atoms with E-state index in [4.69, 9.17) is 9.15 Å². The molecular weight excluding hydrogens is 583 g/mol. The molecule has 2 atom stereocenters. The first-order valence-corrected chi connectivity index (χ1v) is 16.8. The lowest BCUT2D eigenvalue weighted by Gasteiger charge is -2.40. The highest BCUT2D eigenvalue weighted by molar-refractivity contribution is 7.26. The maximum Gasteiger partial charge on any atom is 0.333 e. The molecule has 13 rings (SSSR count). The monoisotopic (exact) mass is 604 g/mol. The van der Waals surface area contributed by atoms with Crippen molar-refractivity contribution in [1.82, 2.24) is 4.48 Å². The van der Waals surface area contributed by atoms with Crippen molar-refractivity contribution >= 4 is 93.6 Å². The summed E-state index contributed by atoms with van der Waals surface area (Å²) in [5.41, 5.74) is 13.5. The quantitative estimate of drug-likeness (QED) is 0.162. The molecular formula is C40H21BN2O2S. The molecule has 6 heteroatoms. The van der Waals surface area contributed by atoms with E-state index in [2.05, 4.69) is 125 Å². The summed E-state index contributed by atoms with van der Waals surface area (Å²) in [6.07, 6.45) is -0.147. The first-order chi connectivity index (χ1) is 22.8. The molecule has 3 aromatic heterocycles. The Morgan fingerprint density at radius 3 is 2.48 bits per heavy atom. The molecule has 0 bridgehead atoms. The minimum atomic E-state index is -0.147. The number of anilines is 2. The van der Waals surface area contributed by atoms with Gasteiger partial charge in [-0.2, -0.15) is 0 Å². The molecule has 0 fully saturated rings. The molecule has 4 aliphatic rings. The van der Waals surface area contributed by atoms with Crippen molar-refractivity contribution in [3.05, 3.63) is 126 Å². The molecule has 0 N–H and O–H groups in total. The molecule has 2 unspecified atom stereocenters. The molecule has 9 aromatic rings. The zero-order valence-electron chi connectivity index (χ0n) is 24.3. The molecule has 4 nitrogen and oxygen atoms in total. The minimum Gasteiger partial charge on any atom is -0.469 e. The number of hydrogen-bond donors (Lipinski definition) is 0. The van der Waals surface area contributed by atoms with E-state index < -0.39 is 0 Å². The highest BCUT2D eigenvalue weighted by Gasteiger charge is 2.54. The summed E-state index contributed by atoms with van der Waals surface area (Å²) < 4.78 is 17.6. The largest absolute Gasteiger partial charge is 0.469 e. The predicted molar refractivity (Wildman–Crippen MR) is 189 cm³/mol. The summed E-state index contributed by atoms with van der Waals surface area (Å²) in [5.74, 6) is 1.13. The highest BCUT2D eigenvalue weighted by atomic mass is 32.1. The molecule has 0 radical (unpaired) electrons. The number of para-hydroxylation sites is 4. The van der Waals surface area contributed by atoms with Gasteiger partial charge in [0, 0.05) is 65.7 Å². The Labute approximate surface area is 266 Å². The van der Waals surface area contributed by atoms with E-state index in [-0.39, 0.29) is 19.0 Å². The van der Waals surface area contributed by atoms with Crippen LogP contribution in [0, 0.1) is 0 Å². The predicted octanol–water partition coefficient (Wildman–Crippen LogP) is 8.86. The standard InChI is InChI=1S/C40H21BN2O2S/c1-5-17-29-20(9-1)32-23-14-8-15-26-38(23)42(39(32)45-29)27-19-30-34(21-10-2-4-16-28(21)44-30)35-25-13-7-12-24-33-22-11-3-6-18-31(22)46-40(33)43(37(24)25)41(26)36(27)35/h1-19,32,39H. The van der Waals surface area contributed by atoms with Gasteiger partial charge in [-0.25, -0.2) is 0 Å². The van der Waals surface area contributed by atoms with Gasteiger partial charge >= 0.3 is 6.85 Å². The Kier molecular flexibility index (Phi) is 3.74. The average Bonchev–Trinajstić information content (AvgIpc) is 3.89. The Balaban J connectivity index is 1.27. The smallest absolute Gasteiger partial charge is 0.333 e. The Morgan fingerprint density at radius 1 is 0.696 bits per heavy atom. The van der Waals surface area contributed by atoms with Gasteiger partial charge in [-0.1, -0.05) is 91.0 Å². The topological polar surface area (TPSA) is 30.5 Å². The van der Waals surface area contributed by atoms with Crippen LogP contribution in [0.5, 0.6) is 5.75 Å². The summed E-state index contributed by atoms with van der Waals surface area (Å²) in [5, 5.41) is 6.40. The minimum absolute atomic E-state index is 0.0197. The molecule has 0 aliphatic carbocycles. The van der Waals surface area contributed by atoms with Gasteiger partial charge in [0.25, 0.3) is 0 Å². The molecule has 7 heterocycles. The van der Waals surface area contributed by atoms with Crippen LogP contribution in [0.3, 0.4) is 0 Å². The zero-order valence-corrected chi connectivity index (χ0v) is 25.1. The van der Waals surface area contributed by atoms with Crippen molar-refractivity contribution in [2.24, 2.45) is 0 Å². The first-order valence-electron chi connectivity index (χ1n) is 16.0. The lowest BCUT2D eigenvalue weighted by Crippen LogP contribution is -2.58. The fraction of sp³-hybridized carbons (Fsp3) is 0.0500. The molecule has 4 aliphatic heterocycles. The molecule has 0 spiro atoms. The molecule has 0 saturated carbocycles. The van der Waals surface area contributed by atoms with Gasteiger partial charge in [-0.05, 0) is 40.3 Å². The van der Waals surface area contributed by atoms with E-state index in [9.17, 15) is 0 Å². The third kappa shape index (κ3) is 2.37. The maximum atomic E-state index is 6.87. The maximum absolute atomic E-state index is 6.87. The lowest BCUT2D eigenvalue weighted by molar-refractivity contribution is 0.234. The molecule has 0 amide bonds. The van der Waals surface area contributed by atoms with Crippen LogP contribution in [0.2, 0.25) is 0 Å². The molecule has 212 valence electrons. The summed E-state index contributed by atoms with van der Waals surface area (Å²) >= 11 is 1.92. The number of nitrogens with zero attached hydrogens (tertiary/aromatic N) is 2.